The average molecular weight is 235 g/mol. The molecule has 0 saturated heterocycles. The van der Waals surface area contributed by atoms with Crippen LogP contribution in [-0.2, 0) is 16.0 Å². The number of carbonyl (C=O) groups is 1. The highest BCUT2D eigenvalue weighted by atomic mass is 16.6. The van der Waals surface area contributed by atoms with E-state index < -0.39 is 5.60 Å². The summed E-state index contributed by atoms with van der Waals surface area (Å²) < 4.78 is 5.24. The molecule has 17 heavy (non-hydrogen) atoms. The highest BCUT2D eigenvalue weighted by Gasteiger charge is 2.16. The van der Waals surface area contributed by atoms with E-state index in [9.17, 15) is 4.79 Å². The summed E-state index contributed by atoms with van der Waals surface area (Å²) in [4.78, 5) is 11.5. The van der Waals surface area contributed by atoms with E-state index >= 15 is 0 Å². The Hall–Kier alpha value is -1.51. The first kappa shape index (κ1) is 13.6. The number of benzene rings is 1. The van der Waals surface area contributed by atoms with Gasteiger partial charge in [0.2, 0.25) is 0 Å². The van der Waals surface area contributed by atoms with Crippen LogP contribution in [0.5, 0.6) is 0 Å². The van der Waals surface area contributed by atoms with E-state index in [0.717, 1.165) is 16.8 Å². The number of nitrogens with two attached hydrogens (primary N) is 1. The fraction of sp³-hybridized carbons (Fsp3) is 0.500. The van der Waals surface area contributed by atoms with Gasteiger partial charge in [-0.15, -0.1) is 0 Å². The molecule has 3 nitrogen and oxygen atoms in total. The van der Waals surface area contributed by atoms with Crippen molar-refractivity contribution in [1.82, 2.24) is 0 Å². The molecule has 94 valence electrons. The monoisotopic (exact) mass is 235 g/mol. The quantitative estimate of drug-likeness (QED) is 0.647. The minimum absolute atomic E-state index is 0.183. The average Bonchev–Trinajstić information content (AvgIpc) is 2.13. The number of aryl methyl sites for hydroxylation is 2. The van der Waals surface area contributed by atoms with Gasteiger partial charge in [-0.25, -0.2) is 0 Å². The molecule has 1 aromatic rings. The molecule has 0 bridgehead atoms. The van der Waals surface area contributed by atoms with Gasteiger partial charge in [0, 0.05) is 12.1 Å². The Kier molecular flexibility index (Phi) is 4.16. The second-order valence-electron chi connectivity index (χ2n) is 5.29. The lowest BCUT2D eigenvalue weighted by atomic mass is 10.1. The maximum absolute atomic E-state index is 11.5. The number of nitrogen functional groups attached to an aromatic ring is 1. The lowest BCUT2D eigenvalue weighted by Crippen LogP contribution is -2.24. The Labute approximate surface area is 103 Å². The van der Waals surface area contributed by atoms with Crippen LogP contribution in [0.25, 0.3) is 0 Å². The Morgan fingerprint density at radius 2 is 2.00 bits per heavy atom. The minimum Gasteiger partial charge on any atom is -0.460 e. The predicted octanol–water partition coefficient (Wildman–Crippen LogP) is 2.85. The number of anilines is 1. The standard InChI is InChI=1S/C14H21NO2/c1-10-5-6-11(12(15)9-10)7-8-13(16)17-14(2,3)4/h5-6,9H,7-8,15H2,1-4H3. The molecule has 0 radical (unpaired) electrons. The molecule has 3 heteroatoms. The summed E-state index contributed by atoms with van der Waals surface area (Å²) in [6, 6.07) is 5.89. The van der Waals surface area contributed by atoms with Crippen LogP contribution < -0.4 is 5.73 Å². The Morgan fingerprint density at radius 3 is 2.53 bits per heavy atom. The van der Waals surface area contributed by atoms with Gasteiger partial charge in [0.05, 0.1) is 0 Å². The third kappa shape index (κ3) is 4.89. The van der Waals surface area contributed by atoms with Crippen LogP contribution in [0.1, 0.15) is 38.3 Å². The molecule has 0 spiro atoms. The topological polar surface area (TPSA) is 52.3 Å². The fourth-order valence-corrected chi connectivity index (χ4v) is 1.57. The van der Waals surface area contributed by atoms with E-state index in [1.54, 1.807) is 0 Å². The van der Waals surface area contributed by atoms with Crippen molar-refractivity contribution in [1.29, 1.82) is 0 Å². The van der Waals surface area contributed by atoms with Gasteiger partial charge in [-0.3, -0.25) is 4.79 Å². The minimum atomic E-state index is -0.421. The molecule has 1 aromatic carbocycles. The van der Waals surface area contributed by atoms with Crippen LogP contribution in [0.4, 0.5) is 5.69 Å². The number of rotatable bonds is 3. The first-order chi connectivity index (χ1) is 7.78. The normalized spacial score (nSPS) is 11.3. The summed E-state index contributed by atoms with van der Waals surface area (Å²) in [6.45, 7) is 7.59. The van der Waals surface area contributed by atoms with E-state index in [2.05, 4.69) is 0 Å². The summed E-state index contributed by atoms with van der Waals surface area (Å²) >= 11 is 0. The smallest absolute Gasteiger partial charge is 0.306 e. The molecule has 0 unspecified atom stereocenters. The van der Waals surface area contributed by atoms with Gasteiger partial charge in [0.25, 0.3) is 0 Å². The number of carbonyl (C=O) groups excluding carboxylic acids is 1. The van der Waals surface area contributed by atoms with Crippen molar-refractivity contribution in [2.24, 2.45) is 0 Å². The second-order valence-corrected chi connectivity index (χ2v) is 5.29. The van der Waals surface area contributed by atoms with Crippen LogP contribution in [0.15, 0.2) is 18.2 Å². The molecule has 0 amide bonds. The lowest BCUT2D eigenvalue weighted by Gasteiger charge is -2.19. The zero-order chi connectivity index (χ0) is 13.1. The first-order valence-electron chi connectivity index (χ1n) is 5.85. The van der Waals surface area contributed by atoms with Crippen LogP contribution in [-0.4, -0.2) is 11.6 Å². The van der Waals surface area contributed by atoms with Crippen molar-refractivity contribution in [3.05, 3.63) is 29.3 Å². The molecule has 0 aliphatic carbocycles. The van der Waals surface area contributed by atoms with Gasteiger partial charge in [-0.1, -0.05) is 12.1 Å². The zero-order valence-corrected chi connectivity index (χ0v) is 11.0. The van der Waals surface area contributed by atoms with E-state index in [0.29, 0.717) is 12.8 Å². The van der Waals surface area contributed by atoms with Crippen LogP contribution in [0.2, 0.25) is 0 Å². The summed E-state index contributed by atoms with van der Waals surface area (Å²) in [5.74, 6) is -0.183. The summed E-state index contributed by atoms with van der Waals surface area (Å²) in [6.07, 6.45) is 0.992. The molecule has 2 N–H and O–H groups in total. The van der Waals surface area contributed by atoms with Gasteiger partial charge in [0.1, 0.15) is 5.60 Å². The van der Waals surface area contributed by atoms with E-state index in [1.807, 2.05) is 45.9 Å². The number of esters is 1. The lowest BCUT2D eigenvalue weighted by molar-refractivity contribution is -0.154. The van der Waals surface area contributed by atoms with Gasteiger partial charge >= 0.3 is 5.97 Å². The Bertz CT molecular complexity index is 405. The van der Waals surface area contributed by atoms with E-state index in [4.69, 9.17) is 10.5 Å². The van der Waals surface area contributed by atoms with Crippen molar-refractivity contribution in [2.75, 3.05) is 5.73 Å². The number of hydrogen-bond donors (Lipinski definition) is 1. The Morgan fingerprint density at radius 1 is 1.35 bits per heavy atom. The highest BCUT2D eigenvalue weighted by molar-refractivity contribution is 5.70. The predicted molar refractivity (Wildman–Crippen MR) is 69.8 cm³/mol. The van der Waals surface area contributed by atoms with Crippen molar-refractivity contribution in [3.63, 3.8) is 0 Å². The summed E-state index contributed by atoms with van der Waals surface area (Å²) in [7, 11) is 0. The van der Waals surface area contributed by atoms with Crippen molar-refractivity contribution >= 4 is 11.7 Å². The van der Waals surface area contributed by atoms with Gasteiger partial charge in [-0.2, -0.15) is 0 Å². The van der Waals surface area contributed by atoms with Crippen molar-refractivity contribution in [3.8, 4) is 0 Å². The van der Waals surface area contributed by atoms with Crippen LogP contribution in [0.3, 0.4) is 0 Å². The molecule has 0 saturated carbocycles. The molecule has 0 aliphatic rings. The molecule has 1 rings (SSSR count). The van der Waals surface area contributed by atoms with Crippen LogP contribution >= 0.6 is 0 Å². The third-order valence-electron chi connectivity index (χ3n) is 2.32. The molecule has 0 heterocycles. The molecular formula is C14H21NO2. The van der Waals surface area contributed by atoms with Gasteiger partial charge in [0.15, 0.2) is 0 Å². The summed E-state index contributed by atoms with van der Waals surface area (Å²) in [5.41, 5.74) is 8.34. The van der Waals surface area contributed by atoms with Gasteiger partial charge in [-0.05, 0) is 51.3 Å². The van der Waals surface area contributed by atoms with E-state index in [1.165, 1.54) is 0 Å². The molecule has 0 aromatic heterocycles. The molecule has 0 aliphatic heterocycles. The SMILES string of the molecule is Cc1ccc(CCC(=O)OC(C)(C)C)c(N)c1. The Balaban J connectivity index is 2.53. The second kappa shape index (κ2) is 5.21. The maximum Gasteiger partial charge on any atom is 0.306 e. The maximum atomic E-state index is 11.5. The molecule has 0 atom stereocenters. The number of ether oxygens (including phenoxy) is 1. The molecule has 0 fully saturated rings. The van der Waals surface area contributed by atoms with Crippen molar-refractivity contribution in [2.45, 2.75) is 46.1 Å². The fourth-order valence-electron chi connectivity index (χ4n) is 1.57. The van der Waals surface area contributed by atoms with Gasteiger partial charge < -0.3 is 10.5 Å². The third-order valence-corrected chi connectivity index (χ3v) is 2.32. The highest BCUT2D eigenvalue weighted by Crippen LogP contribution is 2.17. The summed E-state index contributed by atoms with van der Waals surface area (Å²) in [5, 5.41) is 0. The van der Waals surface area contributed by atoms with E-state index in [-0.39, 0.29) is 5.97 Å². The zero-order valence-electron chi connectivity index (χ0n) is 11.0. The largest absolute Gasteiger partial charge is 0.460 e. The first-order valence-corrected chi connectivity index (χ1v) is 5.85. The number of hydrogen-bond acceptors (Lipinski definition) is 3. The molecular weight excluding hydrogens is 214 g/mol. The van der Waals surface area contributed by atoms with Crippen molar-refractivity contribution < 1.29 is 9.53 Å². The van der Waals surface area contributed by atoms with Crippen LogP contribution in [0, 0.1) is 6.92 Å².